The van der Waals surface area contributed by atoms with Crippen LogP contribution in [-0.2, 0) is 6.42 Å². The van der Waals surface area contributed by atoms with Crippen LogP contribution in [0.25, 0.3) is 0 Å². The topological polar surface area (TPSA) is 29.1 Å². The molecule has 1 N–H and O–H groups in total. The maximum atomic E-state index is 12.1. The number of carbonyl (C=O) groups excluding carboxylic acids is 1. The van der Waals surface area contributed by atoms with Gasteiger partial charge in [-0.15, -0.1) is 0 Å². The molecular weight excluding hydrogens is 305 g/mol. The molecule has 0 unspecified atom stereocenters. The van der Waals surface area contributed by atoms with E-state index in [9.17, 15) is 4.79 Å². The van der Waals surface area contributed by atoms with Gasteiger partial charge < -0.3 is 5.32 Å². The average molecular weight is 322 g/mol. The number of benzene rings is 2. The highest BCUT2D eigenvalue weighted by Gasteiger charge is 2.11. The van der Waals surface area contributed by atoms with Crippen LogP contribution in [0.1, 0.15) is 29.3 Å². The van der Waals surface area contributed by atoms with Gasteiger partial charge in [-0.05, 0) is 43.5 Å². The van der Waals surface area contributed by atoms with Gasteiger partial charge in [-0.1, -0.05) is 53.5 Å². The summed E-state index contributed by atoms with van der Waals surface area (Å²) in [5.41, 5.74) is 1.80. The molecule has 0 aliphatic carbocycles. The molecule has 0 spiro atoms. The highest BCUT2D eigenvalue weighted by atomic mass is 35.5. The summed E-state index contributed by atoms with van der Waals surface area (Å²) in [6.45, 7) is 2.00. The summed E-state index contributed by atoms with van der Waals surface area (Å²) in [5, 5.41) is 3.81. The van der Waals surface area contributed by atoms with Crippen LogP contribution in [-0.4, -0.2) is 11.9 Å². The zero-order valence-corrected chi connectivity index (χ0v) is 13.3. The van der Waals surface area contributed by atoms with Gasteiger partial charge in [-0.3, -0.25) is 4.79 Å². The molecule has 0 aliphatic rings. The van der Waals surface area contributed by atoms with Crippen LogP contribution in [0.3, 0.4) is 0 Å². The van der Waals surface area contributed by atoms with E-state index in [-0.39, 0.29) is 11.9 Å². The van der Waals surface area contributed by atoms with Crippen molar-refractivity contribution in [3.63, 3.8) is 0 Å². The normalized spacial score (nSPS) is 12.0. The molecule has 21 heavy (non-hydrogen) atoms. The molecule has 0 aliphatic heterocycles. The molecular formula is C17H17Cl2NO. The van der Waals surface area contributed by atoms with Crippen molar-refractivity contribution < 1.29 is 4.79 Å². The maximum Gasteiger partial charge on any atom is 0.251 e. The highest BCUT2D eigenvalue weighted by molar-refractivity contribution is 6.42. The molecule has 2 rings (SSSR count). The second-order valence-corrected chi connectivity index (χ2v) is 5.84. The average Bonchev–Trinajstić information content (AvgIpc) is 2.49. The zero-order chi connectivity index (χ0) is 15.2. The summed E-state index contributed by atoms with van der Waals surface area (Å²) in [7, 11) is 0. The minimum atomic E-state index is -0.130. The Morgan fingerprint density at radius 3 is 2.48 bits per heavy atom. The predicted octanol–water partition coefficient (Wildman–Crippen LogP) is 4.74. The third-order valence-corrected chi connectivity index (χ3v) is 4.01. The van der Waals surface area contributed by atoms with Gasteiger partial charge in [0.05, 0.1) is 10.0 Å². The smallest absolute Gasteiger partial charge is 0.251 e. The first kappa shape index (κ1) is 15.9. The minimum Gasteiger partial charge on any atom is -0.350 e. The van der Waals surface area contributed by atoms with E-state index in [1.165, 1.54) is 5.56 Å². The first-order valence-electron chi connectivity index (χ1n) is 6.86. The number of hydrogen-bond acceptors (Lipinski definition) is 1. The lowest BCUT2D eigenvalue weighted by Crippen LogP contribution is -2.32. The number of nitrogens with one attached hydrogen (secondary N) is 1. The van der Waals surface area contributed by atoms with E-state index < -0.39 is 0 Å². The van der Waals surface area contributed by atoms with Gasteiger partial charge in [0.2, 0.25) is 0 Å². The highest BCUT2D eigenvalue weighted by Crippen LogP contribution is 2.22. The first-order valence-corrected chi connectivity index (χ1v) is 7.61. The molecule has 0 bridgehead atoms. The van der Waals surface area contributed by atoms with E-state index in [2.05, 4.69) is 17.4 Å². The lowest BCUT2D eigenvalue weighted by atomic mass is 10.1. The number of amides is 1. The zero-order valence-electron chi connectivity index (χ0n) is 11.8. The van der Waals surface area contributed by atoms with Gasteiger partial charge >= 0.3 is 0 Å². The number of rotatable bonds is 5. The van der Waals surface area contributed by atoms with Crippen LogP contribution in [0.4, 0.5) is 0 Å². The largest absolute Gasteiger partial charge is 0.350 e. The van der Waals surface area contributed by atoms with Gasteiger partial charge in [0.15, 0.2) is 0 Å². The summed E-state index contributed by atoms with van der Waals surface area (Å²) < 4.78 is 0. The second-order valence-electron chi connectivity index (χ2n) is 5.03. The van der Waals surface area contributed by atoms with E-state index in [1.54, 1.807) is 18.2 Å². The first-order chi connectivity index (χ1) is 10.1. The van der Waals surface area contributed by atoms with Crippen molar-refractivity contribution in [2.45, 2.75) is 25.8 Å². The second kappa shape index (κ2) is 7.48. The number of halogens is 2. The van der Waals surface area contributed by atoms with Crippen LogP contribution >= 0.6 is 23.2 Å². The van der Waals surface area contributed by atoms with Crippen molar-refractivity contribution in [1.82, 2.24) is 5.32 Å². The van der Waals surface area contributed by atoms with Gasteiger partial charge in [-0.25, -0.2) is 0 Å². The Morgan fingerprint density at radius 2 is 1.81 bits per heavy atom. The van der Waals surface area contributed by atoms with Gasteiger partial charge in [0.25, 0.3) is 5.91 Å². The maximum absolute atomic E-state index is 12.1. The predicted molar refractivity (Wildman–Crippen MR) is 88.2 cm³/mol. The quantitative estimate of drug-likeness (QED) is 0.846. The third-order valence-electron chi connectivity index (χ3n) is 3.27. The monoisotopic (exact) mass is 321 g/mol. The number of hydrogen-bond donors (Lipinski definition) is 1. The Morgan fingerprint density at radius 1 is 1.10 bits per heavy atom. The van der Waals surface area contributed by atoms with Crippen LogP contribution in [0.5, 0.6) is 0 Å². The Bertz CT molecular complexity index is 613. The fourth-order valence-corrected chi connectivity index (χ4v) is 2.34. The molecule has 0 aromatic heterocycles. The van der Waals surface area contributed by atoms with E-state index in [0.717, 1.165) is 12.8 Å². The van der Waals surface area contributed by atoms with E-state index in [0.29, 0.717) is 15.6 Å². The van der Waals surface area contributed by atoms with Gasteiger partial charge in [0.1, 0.15) is 0 Å². The summed E-state index contributed by atoms with van der Waals surface area (Å²) >= 11 is 11.8. The van der Waals surface area contributed by atoms with E-state index >= 15 is 0 Å². The molecule has 0 saturated carbocycles. The van der Waals surface area contributed by atoms with Crippen molar-refractivity contribution >= 4 is 29.1 Å². The molecule has 4 heteroatoms. The van der Waals surface area contributed by atoms with E-state index in [1.807, 2.05) is 25.1 Å². The summed E-state index contributed by atoms with van der Waals surface area (Å²) in [5.74, 6) is -0.130. The van der Waals surface area contributed by atoms with E-state index in [4.69, 9.17) is 23.2 Å². The van der Waals surface area contributed by atoms with Crippen molar-refractivity contribution in [2.75, 3.05) is 0 Å². The van der Waals surface area contributed by atoms with Crippen molar-refractivity contribution in [3.8, 4) is 0 Å². The number of carbonyl (C=O) groups is 1. The SMILES string of the molecule is C[C@@H](CCc1ccccc1)NC(=O)c1ccc(Cl)c(Cl)c1. The lowest BCUT2D eigenvalue weighted by molar-refractivity contribution is 0.0938. The van der Waals surface area contributed by atoms with Crippen LogP contribution in [0, 0.1) is 0 Å². The molecule has 2 aromatic carbocycles. The molecule has 1 amide bonds. The standard InChI is InChI=1S/C17H17Cl2NO/c1-12(7-8-13-5-3-2-4-6-13)20-17(21)14-9-10-15(18)16(19)11-14/h2-6,9-12H,7-8H2,1H3,(H,20,21)/t12-/m0/s1. The molecule has 0 heterocycles. The molecule has 0 radical (unpaired) electrons. The fraction of sp³-hybridized carbons (Fsp3) is 0.235. The lowest BCUT2D eigenvalue weighted by Gasteiger charge is -2.14. The fourth-order valence-electron chi connectivity index (χ4n) is 2.04. The summed E-state index contributed by atoms with van der Waals surface area (Å²) in [6.07, 6.45) is 1.82. The summed E-state index contributed by atoms with van der Waals surface area (Å²) in [6, 6.07) is 15.2. The molecule has 0 saturated heterocycles. The Kier molecular flexibility index (Phi) is 5.66. The molecule has 2 aromatic rings. The molecule has 2 nitrogen and oxygen atoms in total. The number of aryl methyl sites for hydroxylation is 1. The van der Waals surface area contributed by atoms with Crippen molar-refractivity contribution in [3.05, 3.63) is 69.7 Å². The summed E-state index contributed by atoms with van der Waals surface area (Å²) in [4.78, 5) is 12.1. The van der Waals surface area contributed by atoms with Gasteiger partial charge in [0, 0.05) is 11.6 Å². The van der Waals surface area contributed by atoms with Crippen molar-refractivity contribution in [2.24, 2.45) is 0 Å². The molecule has 1 atom stereocenters. The van der Waals surface area contributed by atoms with Crippen molar-refractivity contribution in [1.29, 1.82) is 0 Å². The Hall–Kier alpha value is -1.51. The Labute approximate surface area is 135 Å². The third kappa shape index (κ3) is 4.76. The van der Waals surface area contributed by atoms with Crippen LogP contribution in [0.15, 0.2) is 48.5 Å². The minimum absolute atomic E-state index is 0.0900. The molecule has 110 valence electrons. The van der Waals surface area contributed by atoms with Gasteiger partial charge in [-0.2, -0.15) is 0 Å². The van der Waals surface area contributed by atoms with Crippen LogP contribution in [0.2, 0.25) is 10.0 Å². The molecule has 0 fully saturated rings. The Balaban J connectivity index is 1.88. The van der Waals surface area contributed by atoms with Crippen LogP contribution < -0.4 is 5.32 Å².